The number of amides is 1. The summed E-state index contributed by atoms with van der Waals surface area (Å²) < 4.78 is 1.57. The van der Waals surface area contributed by atoms with Gasteiger partial charge in [-0.25, -0.2) is 4.68 Å². The molecule has 0 aliphatic heterocycles. The molecule has 0 aliphatic rings. The molecule has 0 saturated heterocycles. The second-order valence-electron chi connectivity index (χ2n) is 5.41. The maximum absolute atomic E-state index is 12.8. The molecule has 7 heteroatoms. The second kappa shape index (κ2) is 6.92. The fraction of sp³-hybridized carbons (Fsp3) is 0.294. The molecule has 0 N–H and O–H groups in total. The summed E-state index contributed by atoms with van der Waals surface area (Å²) in [7, 11) is 0. The van der Waals surface area contributed by atoms with Crippen LogP contribution in [0.1, 0.15) is 29.1 Å². The molecule has 3 aromatic rings. The van der Waals surface area contributed by atoms with Crippen LogP contribution in [0.2, 0.25) is 0 Å². The van der Waals surface area contributed by atoms with Gasteiger partial charge in [-0.05, 0) is 67.1 Å². The van der Waals surface area contributed by atoms with Gasteiger partial charge in [0.2, 0.25) is 0 Å². The zero-order valence-corrected chi connectivity index (χ0v) is 14.7. The van der Waals surface area contributed by atoms with Gasteiger partial charge in [0.05, 0.1) is 5.69 Å². The third kappa shape index (κ3) is 3.21. The van der Waals surface area contributed by atoms with Gasteiger partial charge in [0.25, 0.3) is 5.91 Å². The molecule has 24 heavy (non-hydrogen) atoms. The van der Waals surface area contributed by atoms with Crippen molar-refractivity contribution in [2.24, 2.45) is 0 Å². The van der Waals surface area contributed by atoms with E-state index < -0.39 is 0 Å². The maximum atomic E-state index is 12.8. The first-order valence-electron chi connectivity index (χ1n) is 7.87. The van der Waals surface area contributed by atoms with Gasteiger partial charge in [0.15, 0.2) is 0 Å². The van der Waals surface area contributed by atoms with E-state index in [0.717, 1.165) is 16.1 Å². The van der Waals surface area contributed by atoms with Gasteiger partial charge in [0.1, 0.15) is 6.33 Å². The minimum Gasteiger partial charge on any atom is -0.339 e. The maximum Gasteiger partial charge on any atom is 0.253 e. The number of rotatable bonds is 5. The Hall–Kier alpha value is -2.54. The minimum atomic E-state index is 0.0180. The van der Waals surface area contributed by atoms with Crippen molar-refractivity contribution < 1.29 is 4.79 Å². The van der Waals surface area contributed by atoms with Crippen LogP contribution in [-0.4, -0.2) is 44.1 Å². The lowest BCUT2D eigenvalue weighted by molar-refractivity contribution is 0.0773. The van der Waals surface area contributed by atoms with Gasteiger partial charge in [-0.3, -0.25) is 4.79 Å². The van der Waals surface area contributed by atoms with Gasteiger partial charge in [-0.1, -0.05) is 0 Å². The highest BCUT2D eigenvalue weighted by Gasteiger charge is 2.16. The zero-order valence-electron chi connectivity index (χ0n) is 13.9. The fourth-order valence-electron chi connectivity index (χ4n) is 2.57. The first-order chi connectivity index (χ1) is 11.6. The number of thiophene rings is 1. The summed E-state index contributed by atoms with van der Waals surface area (Å²) in [6.45, 7) is 7.39. The van der Waals surface area contributed by atoms with Crippen LogP contribution in [0.5, 0.6) is 0 Å². The van der Waals surface area contributed by atoms with E-state index in [4.69, 9.17) is 0 Å². The van der Waals surface area contributed by atoms with Gasteiger partial charge in [0, 0.05) is 28.4 Å². The van der Waals surface area contributed by atoms with E-state index >= 15 is 0 Å². The van der Waals surface area contributed by atoms with Crippen molar-refractivity contribution in [3.63, 3.8) is 0 Å². The Morgan fingerprint density at radius 1 is 1.21 bits per heavy atom. The topological polar surface area (TPSA) is 63.9 Å². The summed E-state index contributed by atoms with van der Waals surface area (Å²) in [6, 6.07) is 9.93. The largest absolute Gasteiger partial charge is 0.339 e. The average Bonchev–Trinajstić information content (AvgIpc) is 3.27. The Balaban J connectivity index is 2.11. The van der Waals surface area contributed by atoms with Crippen molar-refractivity contribution in [3.05, 3.63) is 47.1 Å². The molecule has 2 aromatic heterocycles. The normalized spacial score (nSPS) is 10.8. The molecule has 0 atom stereocenters. The highest BCUT2D eigenvalue weighted by atomic mass is 32.1. The van der Waals surface area contributed by atoms with Crippen LogP contribution in [0.15, 0.2) is 36.7 Å². The molecule has 1 amide bonds. The van der Waals surface area contributed by atoms with Crippen LogP contribution in [-0.2, 0) is 0 Å². The monoisotopic (exact) mass is 341 g/mol. The summed E-state index contributed by atoms with van der Waals surface area (Å²) in [5.41, 5.74) is 2.42. The lowest BCUT2D eigenvalue weighted by Crippen LogP contribution is -2.30. The van der Waals surface area contributed by atoms with Crippen molar-refractivity contribution in [1.29, 1.82) is 0 Å². The van der Waals surface area contributed by atoms with Crippen molar-refractivity contribution in [2.45, 2.75) is 20.8 Å². The van der Waals surface area contributed by atoms with Gasteiger partial charge < -0.3 is 4.90 Å². The van der Waals surface area contributed by atoms with E-state index in [-0.39, 0.29) is 5.91 Å². The quantitative estimate of drug-likeness (QED) is 0.715. The van der Waals surface area contributed by atoms with Crippen molar-refractivity contribution in [3.8, 4) is 16.1 Å². The summed E-state index contributed by atoms with van der Waals surface area (Å²) >= 11 is 1.70. The number of carbonyl (C=O) groups is 1. The predicted molar refractivity (Wildman–Crippen MR) is 94.5 cm³/mol. The number of nitrogens with zero attached hydrogens (tertiary/aromatic N) is 5. The molecule has 3 rings (SSSR count). The van der Waals surface area contributed by atoms with Crippen LogP contribution in [0.3, 0.4) is 0 Å². The van der Waals surface area contributed by atoms with E-state index in [0.29, 0.717) is 18.7 Å². The number of aromatic nitrogens is 4. The Bertz CT molecular complexity index is 837. The summed E-state index contributed by atoms with van der Waals surface area (Å²) in [4.78, 5) is 16.9. The molecule has 0 unspecified atom stereocenters. The third-order valence-corrected chi connectivity index (χ3v) is 4.90. The zero-order chi connectivity index (χ0) is 17.1. The summed E-state index contributed by atoms with van der Waals surface area (Å²) in [6.07, 6.45) is 1.53. The SMILES string of the molecule is CCN(CC)C(=O)c1cc(-c2ccc(C)s2)cc(-n2cnnn2)c1. The van der Waals surface area contributed by atoms with E-state index in [9.17, 15) is 4.79 Å². The lowest BCUT2D eigenvalue weighted by Gasteiger charge is -2.19. The molecular formula is C17H19N5OS. The molecule has 2 heterocycles. The van der Waals surface area contributed by atoms with E-state index in [1.807, 2.05) is 36.9 Å². The van der Waals surface area contributed by atoms with Crippen LogP contribution in [0, 0.1) is 6.92 Å². The van der Waals surface area contributed by atoms with Crippen LogP contribution in [0.25, 0.3) is 16.1 Å². The van der Waals surface area contributed by atoms with Gasteiger partial charge >= 0.3 is 0 Å². The lowest BCUT2D eigenvalue weighted by atomic mass is 10.1. The molecule has 1 aromatic carbocycles. The van der Waals surface area contributed by atoms with Crippen LogP contribution in [0.4, 0.5) is 0 Å². The number of carbonyl (C=O) groups excluding carboxylic acids is 1. The Labute approximate surface area is 144 Å². The average molecular weight is 341 g/mol. The predicted octanol–water partition coefficient (Wildman–Crippen LogP) is 3.18. The number of tetrazole rings is 1. The number of hydrogen-bond donors (Lipinski definition) is 0. The van der Waals surface area contributed by atoms with Crippen molar-refractivity contribution in [2.75, 3.05) is 13.1 Å². The fourth-order valence-corrected chi connectivity index (χ4v) is 3.43. The first kappa shape index (κ1) is 16.3. The van der Waals surface area contributed by atoms with E-state index in [1.54, 1.807) is 16.0 Å². The van der Waals surface area contributed by atoms with Gasteiger partial charge in [-0.15, -0.1) is 16.4 Å². The highest BCUT2D eigenvalue weighted by Crippen LogP contribution is 2.30. The number of aryl methyl sites for hydroxylation is 1. The summed E-state index contributed by atoms with van der Waals surface area (Å²) in [5.74, 6) is 0.0180. The number of benzene rings is 1. The van der Waals surface area contributed by atoms with Crippen LogP contribution >= 0.6 is 11.3 Å². The molecule has 0 spiro atoms. The van der Waals surface area contributed by atoms with Crippen molar-refractivity contribution in [1.82, 2.24) is 25.1 Å². The molecule has 6 nitrogen and oxygen atoms in total. The second-order valence-corrected chi connectivity index (χ2v) is 6.70. The first-order valence-corrected chi connectivity index (χ1v) is 8.68. The molecule has 0 fully saturated rings. The minimum absolute atomic E-state index is 0.0180. The summed E-state index contributed by atoms with van der Waals surface area (Å²) in [5, 5.41) is 11.3. The standard InChI is InChI=1S/C17H19N5OS/c1-4-21(5-2)17(23)14-8-13(16-7-6-12(3)24-16)9-15(10-14)22-11-18-19-20-22/h6-11H,4-5H2,1-3H3. The Morgan fingerprint density at radius 3 is 2.58 bits per heavy atom. The molecule has 0 aliphatic carbocycles. The van der Waals surface area contributed by atoms with Gasteiger partial charge in [-0.2, -0.15) is 0 Å². The molecule has 0 saturated carbocycles. The van der Waals surface area contributed by atoms with E-state index in [1.165, 1.54) is 11.2 Å². The molecule has 124 valence electrons. The van der Waals surface area contributed by atoms with E-state index in [2.05, 4.69) is 34.6 Å². The number of hydrogen-bond acceptors (Lipinski definition) is 5. The van der Waals surface area contributed by atoms with Crippen LogP contribution < -0.4 is 0 Å². The molecule has 0 radical (unpaired) electrons. The van der Waals surface area contributed by atoms with Crippen molar-refractivity contribution >= 4 is 17.2 Å². The molecular weight excluding hydrogens is 322 g/mol. The third-order valence-electron chi connectivity index (χ3n) is 3.85. The smallest absolute Gasteiger partial charge is 0.253 e. The Morgan fingerprint density at radius 2 is 2.00 bits per heavy atom. The molecule has 0 bridgehead atoms. The Kier molecular flexibility index (Phi) is 4.71. The highest BCUT2D eigenvalue weighted by molar-refractivity contribution is 7.15.